The maximum Gasteiger partial charge on any atom is 0.318 e. The van der Waals surface area contributed by atoms with Crippen molar-refractivity contribution >= 4 is 17.7 Å². The zero-order chi connectivity index (χ0) is 27.7. The van der Waals surface area contributed by atoms with Gasteiger partial charge in [0.25, 0.3) is 0 Å². The summed E-state index contributed by atoms with van der Waals surface area (Å²) in [6.07, 6.45) is 9.61. The molecule has 0 aromatic rings. The van der Waals surface area contributed by atoms with Crippen molar-refractivity contribution in [2.24, 2.45) is 21.7 Å². The predicted molar refractivity (Wildman–Crippen MR) is 110 cm³/mol. The van der Waals surface area contributed by atoms with Gasteiger partial charge in [-0.15, -0.1) is 0 Å². The number of ether oxygens (including phenoxy) is 2. The minimum atomic E-state index is -0.591. The third kappa shape index (κ3) is 3.35. The highest BCUT2D eigenvalue weighted by Crippen LogP contribution is 2.45. The summed E-state index contributed by atoms with van der Waals surface area (Å²) < 4.78 is 50.3. The van der Waals surface area contributed by atoms with Crippen LogP contribution in [-0.4, -0.2) is 41.1 Å². The van der Waals surface area contributed by atoms with Gasteiger partial charge in [-0.05, 0) is 39.5 Å². The van der Waals surface area contributed by atoms with E-state index in [1.54, 1.807) is 6.92 Å². The van der Waals surface area contributed by atoms with Crippen LogP contribution in [0.5, 0.6) is 0 Å². The van der Waals surface area contributed by atoms with E-state index >= 15 is 0 Å². The molecule has 0 aromatic heterocycles. The Labute approximate surface area is 174 Å². The molecule has 2 aliphatic carbocycles. The van der Waals surface area contributed by atoms with Crippen LogP contribution in [0.15, 0.2) is 5.16 Å². The van der Waals surface area contributed by atoms with Crippen molar-refractivity contribution in [3.63, 3.8) is 0 Å². The van der Waals surface area contributed by atoms with E-state index in [1.807, 2.05) is 6.92 Å². The smallest absolute Gasteiger partial charge is 0.318 e. The molecule has 2 heterocycles. The first-order valence-corrected chi connectivity index (χ1v) is 10.3. The Morgan fingerprint density at radius 1 is 1.00 bits per heavy atom. The zero-order valence-corrected chi connectivity index (χ0v) is 16.4. The van der Waals surface area contributed by atoms with Crippen LogP contribution in [0.4, 0.5) is 0 Å². The summed E-state index contributed by atoms with van der Waals surface area (Å²) in [5.41, 5.74) is 5.65. The van der Waals surface area contributed by atoms with Crippen molar-refractivity contribution in [1.29, 1.82) is 0 Å². The van der Waals surface area contributed by atoms with Gasteiger partial charge in [-0.25, -0.2) is 0 Å². The van der Waals surface area contributed by atoms with E-state index in [9.17, 15) is 9.59 Å². The summed E-state index contributed by atoms with van der Waals surface area (Å²) in [5, 5.41) is 12.2. The number of oxime groups is 1. The second kappa shape index (κ2) is 7.78. The Kier molecular flexibility index (Phi) is 4.41. The molecule has 0 radical (unpaired) electrons. The van der Waals surface area contributed by atoms with Crippen molar-refractivity contribution in [2.45, 2.75) is 96.3 Å². The predicted octanol–water partition coefficient (Wildman–Crippen LogP) is 4.15. The van der Waals surface area contributed by atoms with E-state index in [1.165, 1.54) is 6.42 Å². The van der Waals surface area contributed by atoms with Gasteiger partial charge in [0.05, 0.1) is 11.5 Å². The first-order valence-electron chi connectivity index (χ1n) is 14.3. The van der Waals surface area contributed by atoms with Crippen LogP contribution < -0.4 is 5.73 Å². The van der Waals surface area contributed by atoms with Crippen LogP contribution in [0.3, 0.4) is 0 Å². The SMILES string of the molecule is C[C@@H]1OC(=O)C2(CCCCC2)C1=NO.C[C@@H]1OC(=O)C2(CCCCC2)[C@@H]1N.[2HH].[2H][2H].[2H][2H].[2H][2H].[2H][2H]. The molecule has 162 valence electrons. The van der Waals surface area contributed by atoms with Gasteiger partial charge in [0.1, 0.15) is 23.3 Å². The van der Waals surface area contributed by atoms with Gasteiger partial charge in [-0.2, -0.15) is 0 Å². The number of cyclic esters (lactones) is 2. The van der Waals surface area contributed by atoms with Gasteiger partial charge >= 0.3 is 11.9 Å². The fourth-order valence-corrected chi connectivity index (χ4v) is 5.28. The number of nitrogens with zero attached hydrogens (tertiary/aromatic N) is 1. The average Bonchev–Trinajstić information content (AvgIpc) is 3.27. The molecular formula is C20H42N2O5. The summed E-state index contributed by atoms with van der Waals surface area (Å²) >= 11 is 0. The summed E-state index contributed by atoms with van der Waals surface area (Å²) in [4.78, 5) is 23.4. The van der Waals surface area contributed by atoms with Crippen LogP contribution >= 0.6 is 0 Å². The van der Waals surface area contributed by atoms with Crippen LogP contribution in [0.2, 0.25) is 0 Å². The number of rotatable bonds is 0. The van der Waals surface area contributed by atoms with Gasteiger partial charge in [0, 0.05) is 13.3 Å². The second-order valence-electron chi connectivity index (χ2n) is 8.53. The van der Waals surface area contributed by atoms with Crippen LogP contribution in [0.1, 0.15) is 91.4 Å². The van der Waals surface area contributed by atoms with Crippen molar-refractivity contribution in [3.05, 3.63) is 0 Å². The number of esters is 2. The fraction of sp³-hybridized carbons (Fsp3) is 0.850. The molecular weight excluding hydrogens is 348 g/mol. The lowest BCUT2D eigenvalue weighted by Gasteiger charge is -2.33. The van der Waals surface area contributed by atoms with E-state index in [2.05, 4.69) is 5.16 Å². The maximum absolute atomic E-state index is 11.7. The molecule has 0 unspecified atom stereocenters. The second-order valence-corrected chi connectivity index (χ2v) is 8.53. The molecule has 4 fully saturated rings. The number of hydrogen-bond donors (Lipinski definition) is 2. The highest BCUT2D eigenvalue weighted by Gasteiger charge is 2.55. The quantitative estimate of drug-likeness (QED) is 0.359. The van der Waals surface area contributed by atoms with Crippen LogP contribution in [0.25, 0.3) is 0 Å². The Morgan fingerprint density at radius 3 is 2.04 bits per heavy atom. The summed E-state index contributed by atoms with van der Waals surface area (Å²) in [6.45, 7) is 3.65. The first-order chi connectivity index (χ1) is 16.9. The van der Waals surface area contributed by atoms with E-state index in [0.717, 1.165) is 57.8 Å². The summed E-state index contributed by atoms with van der Waals surface area (Å²) in [7, 11) is 0. The fourth-order valence-electron chi connectivity index (χ4n) is 5.28. The lowest BCUT2D eigenvalue weighted by atomic mass is 9.69. The maximum atomic E-state index is 11.7. The molecule has 0 aromatic carbocycles. The summed E-state index contributed by atoms with van der Waals surface area (Å²) in [5.74, 6) is -0.246. The van der Waals surface area contributed by atoms with Gasteiger partial charge in [-0.3, -0.25) is 9.59 Å². The molecule has 2 aliphatic heterocycles. The zero-order valence-electron chi connectivity index (χ0n) is 24.4. The highest BCUT2D eigenvalue weighted by atomic mass is 16.6. The van der Waals surface area contributed by atoms with E-state index in [-0.39, 0.29) is 37.0 Å². The Bertz CT molecular complexity index is 635. The molecule has 3 N–H and O–H groups in total. The molecule has 2 spiro atoms. The average molecular weight is 400 g/mol. The van der Waals surface area contributed by atoms with Crippen LogP contribution in [0, 0.1) is 10.8 Å². The molecule has 27 heavy (non-hydrogen) atoms. The number of carbonyl (C=O) groups is 2. The molecule has 3 atom stereocenters. The molecule has 4 rings (SSSR count). The van der Waals surface area contributed by atoms with Gasteiger partial charge in [0.2, 0.25) is 0 Å². The van der Waals surface area contributed by atoms with Gasteiger partial charge < -0.3 is 20.4 Å². The topological polar surface area (TPSA) is 111 Å². The lowest BCUT2D eigenvalue weighted by molar-refractivity contribution is -0.150. The first kappa shape index (κ1) is 15.3. The van der Waals surface area contributed by atoms with E-state index < -0.39 is 5.41 Å². The normalized spacial score (nSPS) is 36.9. The van der Waals surface area contributed by atoms with Crippen LogP contribution in [-0.2, 0) is 19.1 Å². The van der Waals surface area contributed by atoms with E-state index in [0.29, 0.717) is 5.71 Å². The Hall–Kier alpha value is -1.63. The molecule has 0 bridgehead atoms. The molecule has 2 saturated carbocycles. The molecule has 7 heteroatoms. The Balaban J connectivity index is -0.000000465. The summed E-state index contributed by atoms with van der Waals surface area (Å²) in [6, 6.07) is -0.0831. The van der Waals surface area contributed by atoms with Crippen molar-refractivity contribution in [1.82, 2.24) is 0 Å². The van der Waals surface area contributed by atoms with Gasteiger partial charge in [0.15, 0.2) is 0 Å². The third-order valence-electron chi connectivity index (χ3n) is 6.95. The third-order valence-corrected chi connectivity index (χ3v) is 6.95. The monoisotopic (exact) mass is 399 g/mol. The van der Waals surface area contributed by atoms with Crippen molar-refractivity contribution in [2.75, 3.05) is 0 Å². The minimum absolute atomic E-state index is 0. The molecule has 7 nitrogen and oxygen atoms in total. The Morgan fingerprint density at radius 2 is 1.56 bits per heavy atom. The van der Waals surface area contributed by atoms with Crippen molar-refractivity contribution < 1.29 is 37.6 Å². The molecule has 2 saturated heterocycles. The lowest BCUT2D eigenvalue weighted by Crippen LogP contribution is -2.46. The minimum Gasteiger partial charge on any atom is -0.461 e. The van der Waals surface area contributed by atoms with Gasteiger partial charge in [-0.1, -0.05) is 43.7 Å². The number of hydrogen-bond acceptors (Lipinski definition) is 7. The standard InChI is InChI=1S/C10H15NO3.C10H17NO2.5H2/c1-7-8(11-13)10(9(12)14-7)5-3-2-4-6-10;1-7-8(11)10(9(12)13-7)5-3-2-4-6-10;;;;;/h7,13H,2-6H2,1H3;7-8H,2-6,11H2,1H3;5*1H/t7-;7-,8+;;;;;/m00...../s1/i;;4*1+1D;1+1. The number of carbonyl (C=O) groups excluding carboxylic acids is 2. The molecule has 4 aliphatic rings. The molecule has 0 amide bonds. The number of nitrogens with two attached hydrogens (primary N) is 1. The highest BCUT2D eigenvalue weighted by molar-refractivity contribution is 6.13. The van der Waals surface area contributed by atoms with Crippen molar-refractivity contribution in [3.8, 4) is 0 Å². The van der Waals surface area contributed by atoms with E-state index in [4.69, 9.17) is 32.3 Å². The largest absolute Gasteiger partial charge is 0.461 e.